The third-order valence-electron chi connectivity index (χ3n) is 3.23. The van der Waals surface area contributed by atoms with Crippen LogP contribution in [0.5, 0.6) is 0 Å². The van der Waals surface area contributed by atoms with Gasteiger partial charge in [0, 0.05) is 19.2 Å². The number of nitrogens with zero attached hydrogens (tertiary/aromatic N) is 4. The summed E-state index contributed by atoms with van der Waals surface area (Å²) in [4.78, 5) is 16.7. The summed E-state index contributed by atoms with van der Waals surface area (Å²) in [6.07, 6.45) is -2.66. The minimum Gasteiger partial charge on any atom is -0.355 e. The van der Waals surface area contributed by atoms with Gasteiger partial charge in [0.1, 0.15) is 5.82 Å². The molecule has 5 nitrogen and oxygen atoms in total. The Morgan fingerprint density at radius 1 is 1.15 bits per heavy atom. The van der Waals surface area contributed by atoms with Crippen LogP contribution in [-0.2, 0) is 6.18 Å². The molecular formula is C12H11F3N4O. The first-order valence-electron chi connectivity index (χ1n) is 6.18. The van der Waals surface area contributed by atoms with Gasteiger partial charge in [-0.25, -0.2) is 4.52 Å². The van der Waals surface area contributed by atoms with Gasteiger partial charge in [-0.3, -0.25) is 4.79 Å². The van der Waals surface area contributed by atoms with Crippen molar-refractivity contribution in [2.24, 2.45) is 0 Å². The standard InChI is InChI=1S/C12H11F3N4O/c13-12(14,15)8-7-11(20)16-9-3-4-10(17-19(8)9)18-5-1-2-6-18/h3-4,7H,1-2,5-6H2. The summed E-state index contributed by atoms with van der Waals surface area (Å²) in [5.74, 6) is 0.464. The summed E-state index contributed by atoms with van der Waals surface area (Å²) < 4.78 is 39.6. The van der Waals surface area contributed by atoms with Crippen molar-refractivity contribution in [1.29, 1.82) is 0 Å². The predicted molar refractivity (Wildman–Crippen MR) is 65.7 cm³/mol. The second kappa shape index (κ2) is 4.46. The summed E-state index contributed by atoms with van der Waals surface area (Å²) in [6, 6.07) is 3.44. The van der Waals surface area contributed by atoms with E-state index in [-0.39, 0.29) is 5.65 Å². The van der Waals surface area contributed by atoms with E-state index in [1.165, 1.54) is 6.07 Å². The summed E-state index contributed by atoms with van der Waals surface area (Å²) in [7, 11) is 0. The molecule has 1 fully saturated rings. The Bertz CT molecular complexity index is 704. The number of hydrogen-bond donors (Lipinski definition) is 0. The molecule has 3 rings (SSSR count). The summed E-state index contributed by atoms with van der Waals surface area (Å²) in [6.45, 7) is 1.54. The lowest BCUT2D eigenvalue weighted by Gasteiger charge is -2.17. The van der Waals surface area contributed by atoms with Gasteiger partial charge in [0.2, 0.25) is 0 Å². The summed E-state index contributed by atoms with van der Waals surface area (Å²) in [5.41, 5.74) is -2.13. The van der Waals surface area contributed by atoms with E-state index in [1.807, 2.05) is 4.90 Å². The quantitative estimate of drug-likeness (QED) is 0.800. The van der Waals surface area contributed by atoms with Crippen molar-refractivity contribution in [2.45, 2.75) is 19.0 Å². The number of anilines is 1. The average molecular weight is 284 g/mol. The van der Waals surface area contributed by atoms with E-state index < -0.39 is 17.4 Å². The van der Waals surface area contributed by atoms with E-state index in [1.54, 1.807) is 6.07 Å². The Hall–Kier alpha value is -2.12. The van der Waals surface area contributed by atoms with Crippen molar-refractivity contribution in [3.8, 4) is 0 Å². The third-order valence-corrected chi connectivity index (χ3v) is 3.23. The van der Waals surface area contributed by atoms with Crippen molar-refractivity contribution < 1.29 is 13.2 Å². The first-order valence-corrected chi connectivity index (χ1v) is 6.18. The molecule has 0 amide bonds. The van der Waals surface area contributed by atoms with Crippen LogP contribution in [0.2, 0.25) is 0 Å². The monoisotopic (exact) mass is 284 g/mol. The zero-order valence-corrected chi connectivity index (χ0v) is 10.4. The Kier molecular flexibility index (Phi) is 2.88. The molecule has 3 heterocycles. The lowest BCUT2D eigenvalue weighted by atomic mass is 10.3. The maximum atomic E-state index is 13.0. The van der Waals surface area contributed by atoms with Crippen LogP contribution < -0.4 is 10.5 Å². The molecule has 0 N–H and O–H groups in total. The number of rotatable bonds is 1. The average Bonchev–Trinajstić information content (AvgIpc) is 2.90. The molecule has 0 unspecified atom stereocenters. The largest absolute Gasteiger partial charge is 0.433 e. The van der Waals surface area contributed by atoms with E-state index in [0.717, 1.165) is 25.9 Å². The molecular weight excluding hydrogens is 273 g/mol. The van der Waals surface area contributed by atoms with Crippen LogP contribution in [0.25, 0.3) is 5.65 Å². The van der Waals surface area contributed by atoms with Crippen molar-refractivity contribution in [3.05, 3.63) is 34.2 Å². The van der Waals surface area contributed by atoms with Crippen molar-refractivity contribution in [3.63, 3.8) is 0 Å². The van der Waals surface area contributed by atoms with Gasteiger partial charge in [-0.1, -0.05) is 0 Å². The zero-order valence-electron chi connectivity index (χ0n) is 10.4. The molecule has 0 atom stereocenters. The van der Waals surface area contributed by atoms with E-state index >= 15 is 0 Å². The highest BCUT2D eigenvalue weighted by Gasteiger charge is 2.35. The normalized spacial score (nSPS) is 16.1. The first-order chi connectivity index (χ1) is 9.45. The van der Waals surface area contributed by atoms with Crippen LogP contribution in [0.15, 0.2) is 23.0 Å². The number of alkyl halides is 3. The lowest BCUT2D eigenvalue weighted by molar-refractivity contribution is -0.142. The molecule has 0 saturated carbocycles. The van der Waals surface area contributed by atoms with E-state index in [4.69, 9.17) is 0 Å². The molecule has 2 aromatic rings. The van der Waals surface area contributed by atoms with Gasteiger partial charge in [0.05, 0.1) is 0 Å². The maximum absolute atomic E-state index is 13.0. The molecule has 20 heavy (non-hydrogen) atoms. The van der Waals surface area contributed by atoms with E-state index in [9.17, 15) is 18.0 Å². The molecule has 2 aromatic heterocycles. The van der Waals surface area contributed by atoms with Crippen LogP contribution in [0, 0.1) is 0 Å². The third kappa shape index (κ3) is 2.21. The highest BCUT2D eigenvalue weighted by molar-refractivity contribution is 5.47. The highest BCUT2D eigenvalue weighted by atomic mass is 19.4. The summed E-state index contributed by atoms with van der Waals surface area (Å²) in [5, 5.41) is 3.99. The molecule has 0 bridgehead atoms. The van der Waals surface area contributed by atoms with Crippen LogP contribution in [0.4, 0.5) is 19.0 Å². The minimum absolute atomic E-state index is 0.104. The van der Waals surface area contributed by atoms with Gasteiger partial charge in [-0.05, 0) is 25.0 Å². The van der Waals surface area contributed by atoms with Crippen LogP contribution in [0.1, 0.15) is 18.5 Å². The number of fused-ring (bicyclic) bond motifs is 1. The van der Waals surface area contributed by atoms with Gasteiger partial charge in [-0.15, -0.1) is 5.10 Å². The topological polar surface area (TPSA) is 50.5 Å². The Labute approximate surface area is 111 Å². The maximum Gasteiger partial charge on any atom is 0.433 e. The highest BCUT2D eigenvalue weighted by Crippen LogP contribution is 2.28. The van der Waals surface area contributed by atoms with E-state index in [0.29, 0.717) is 16.4 Å². The fourth-order valence-corrected chi connectivity index (χ4v) is 2.31. The van der Waals surface area contributed by atoms with Crippen molar-refractivity contribution in [2.75, 3.05) is 18.0 Å². The van der Waals surface area contributed by atoms with Gasteiger partial charge in [0.25, 0.3) is 5.56 Å². The molecule has 8 heteroatoms. The summed E-state index contributed by atoms with van der Waals surface area (Å²) >= 11 is 0. The zero-order chi connectivity index (χ0) is 14.3. The minimum atomic E-state index is -4.65. The molecule has 1 aliphatic heterocycles. The van der Waals surface area contributed by atoms with Gasteiger partial charge < -0.3 is 4.90 Å². The molecule has 106 valence electrons. The first kappa shape index (κ1) is 12.9. The molecule has 1 saturated heterocycles. The van der Waals surface area contributed by atoms with Gasteiger partial charge in [-0.2, -0.15) is 18.2 Å². The fraction of sp³-hybridized carbons (Fsp3) is 0.417. The number of aromatic nitrogens is 3. The molecule has 0 radical (unpaired) electrons. The van der Waals surface area contributed by atoms with Gasteiger partial charge in [0.15, 0.2) is 11.3 Å². The molecule has 0 aliphatic carbocycles. The Morgan fingerprint density at radius 3 is 2.50 bits per heavy atom. The Balaban J connectivity index is 2.21. The molecule has 1 aliphatic rings. The number of halogens is 3. The fourth-order valence-electron chi connectivity index (χ4n) is 2.31. The van der Waals surface area contributed by atoms with Crippen molar-refractivity contribution >= 4 is 11.5 Å². The second-order valence-electron chi connectivity index (χ2n) is 4.63. The smallest absolute Gasteiger partial charge is 0.355 e. The molecule has 0 spiro atoms. The van der Waals surface area contributed by atoms with Crippen LogP contribution in [0.3, 0.4) is 0 Å². The van der Waals surface area contributed by atoms with Gasteiger partial charge >= 0.3 is 6.18 Å². The molecule has 0 aromatic carbocycles. The Morgan fingerprint density at radius 2 is 1.85 bits per heavy atom. The van der Waals surface area contributed by atoms with Crippen LogP contribution >= 0.6 is 0 Å². The predicted octanol–water partition coefficient (Wildman–Crippen LogP) is 1.71. The lowest BCUT2D eigenvalue weighted by Crippen LogP contribution is -2.24. The van der Waals surface area contributed by atoms with Crippen molar-refractivity contribution in [1.82, 2.24) is 14.6 Å². The van der Waals surface area contributed by atoms with Crippen LogP contribution in [-0.4, -0.2) is 27.7 Å². The van der Waals surface area contributed by atoms with E-state index in [2.05, 4.69) is 10.1 Å². The number of hydrogen-bond acceptors (Lipinski definition) is 4. The second-order valence-corrected chi connectivity index (χ2v) is 4.63. The SMILES string of the molecule is O=c1cc(C(F)(F)F)n2nc(N3CCCC3)ccc2n1.